The van der Waals surface area contributed by atoms with Gasteiger partial charge in [-0.05, 0) is 25.7 Å². The molecular formula is C14H24N2O3. The number of hydrogen-bond donors (Lipinski definition) is 2. The Morgan fingerprint density at radius 3 is 2.53 bits per heavy atom. The van der Waals surface area contributed by atoms with Crippen molar-refractivity contribution in [2.75, 3.05) is 13.1 Å². The van der Waals surface area contributed by atoms with Crippen molar-refractivity contribution < 1.29 is 14.7 Å². The van der Waals surface area contributed by atoms with Crippen LogP contribution in [0.2, 0.25) is 0 Å². The maximum Gasteiger partial charge on any atom is 0.308 e. The van der Waals surface area contributed by atoms with Gasteiger partial charge in [-0.25, -0.2) is 0 Å². The number of nitrogens with two attached hydrogens (primary N) is 1. The van der Waals surface area contributed by atoms with Crippen LogP contribution in [0.25, 0.3) is 0 Å². The zero-order valence-electron chi connectivity index (χ0n) is 11.4. The highest BCUT2D eigenvalue weighted by Crippen LogP contribution is 2.30. The summed E-state index contributed by atoms with van der Waals surface area (Å²) < 4.78 is 0. The Hall–Kier alpha value is -1.10. The van der Waals surface area contributed by atoms with Crippen LogP contribution in [0.15, 0.2) is 0 Å². The third-order valence-corrected chi connectivity index (χ3v) is 4.48. The third kappa shape index (κ3) is 3.69. The monoisotopic (exact) mass is 268 g/mol. The minimum Gasteiger partial charge on any atom is -0.481 e. The molecule has 2 rings (SSSR count). The van der Waals surface area contributed by atoms with E-state index < -0.39 is 11.9 Å². The number of carbonyl (C=O) groups is 2. The molecule has 3 N–H and O–H groups in total. The fraction of sp³-hybridized carbons (Fsp3) is 0.857. The molecule has 0 unspecified atom stereocenters. The highest BCUT2D eigenvalue weighted by molar-refractivity contribution is 5.79. The molecule has 2 aliphatic rings. The van der Waals surface area contributed by atoms with Crippen molar-refractivity contribution in [3.8, 4) is 0 Å². The van der Waals surface area contributed by atoms with Crippen molar-refractivity contribution in [2.24, 2.45) is 11.7 Å². The molecule has 1 aliphatic heterocycles. The quantitative estimate of drug-likeness (QED) is 0.809. The summed E-state index contributed by atoms with van der Waals surface area (Å²) in [5, 5.41) is 9.05. The molecule has 1 amide bonds. The van der Waals surface area contributed by atoms with Crippen molar-refractivity contribution in [2.45, 2.75) is 56.9 Å². The Morgan fingerprint density at radius 1 is 1.21 bits per heavy atom. The first-order valence-electron chi connectivity index (χ1n) is 7.30. The first-order valence-corrected chi connectivity index (χ1v) is 7.30. The van der Waals surface area contributed by atoms with E-state index in [0.29, 0.717) is 25.9 Å². The van der Waals surface area contributed by atoms with E-state index in [9.17, 15) is 9.59 Å². The fourth-order valence-electron chi connectivity index (χ4n) is 3.25. The Bertz CT molecular complexity index is 351. The van der Waals surface area contributed by atoms with Crippen LogP contribution in [0.4, 0.5) is 0 Å². The van der Waals surface area contributed by atoms with Crippen LogP contribution < -0.4 is 5.73 Å². The molecule has 1 aliphatic carbocycles. The number of likely N-dealkylation sites (tertiary alicyclic amines) is 1. The standard InChI is InChI=1S/C14H24N2O3/c15-14(6-2-1-3-7-14)9-12(17)16-8-4-5-11(10-16)13(18)19/h11H,1-10,15H2,(H,18,19)/t11-/m1/s1. The van der Waals surface area contributed by atoms with Gasteiger partial charge in [0, 0.05) is 25.0 Å². The number of carboxylic acid groups (broad SMARTS) is 1. The van der Waals surface area contributed by atoms with Crippen molar-refractivity contribution in [1.29, 1.82) is 0 Å². The van der Waals surface area contributed by atoms with Gasteiger partial charge in [0.15, 0.2) is 0 Å². The van der Waals surface area contributed by atoms with Crippen molar-refractivity contribution in [3.05, 3.63) is 0 Å². The molecule has 0 aromatic heterocycles. The van der Waals surface area contributed by atoms with Gasteiger partial charge in [-0.15, -0.1) is 0 Å². The van der Waals surface area contributed by atoms with E-state index >= 15 is 0 Å². The van der Waals surface area contributed by atoms with E-state index in [1.807, 2.05) is 0 Å². The Kier molecular flexibility index (Phi) is 4.45. The Labute approximate surface area is 114 Å². The Balaban J connectivity index is 1.90. The predicted octanol–water partition coefficient (Wildman–Crippen LogP) is 1.36. The summed E-state index contributed by atoms with van der Waals surface area (Å²) in [5.74, 6) is -1.16. The predicted molar refractivity (Wildman–Crippen MR) is 71.6 cm³/mol. The fourth-order valence-corrected chi connectivity index (χ4v) is 3.25. The smallest absolute Gasteiger partial charge is 0.308 e. The molecule has 1 heterocycles. The van der Waals surface area contributed by atoms with E-state index in [0.717, 1.165) is 32.1 Å². The molecule has 1 atom stereocenters. The van der Waals surface area contributed by atoms with Crippen LogP contribution in [-0.4, -0.2) is 40.5 Å². The number of nitrogens with zero attached hydrogens (tertiary/aromatic N) is 1. The molecule has 0 bridgehead atoms. The van der Waals surface area contributed by atoms with Crippen molar-refractivity contribution in [1.82, 2.24) is 4.90 Å². The number of rotatable bonds is 3. The summed E-state index contributed by atoms with van der Waals surface area (Å²) in [7, 11) is 0. The maximum absolute atomic E-state index is 12.3. The molecular weight excluding hydrogens is 244 g/mol. The van der Waals surface area contributed by atoms with Crippen LogP contribution in [0, 0.1) is 5.92 Å². The summed E-state index contributed by atoms with van der Waals surface area (Å²) in [6.07, 6.45) is 7.05. The third-order valence-electron chi connectivity index (χ3n) is 4.48. The minimum atomic E-state index is -0.794. The van der Waals surface area contributed by atoms with Gasteiger partial charge < -0.3 is 15.7 Å². The van der Waals surface area contributed by atoms with Crippen LogP contribution in [-0.2, 0) is 9.59 Å². The number of aliphatic carboxylic acids is 1. The lowest BCUT2D eigenvalue weighted by molar-refractivity contribution is -0.146. The lowest BCUT2D eigenvalue weighted by Gasteiger charge is -2.37. The van der Waals surface area contributed by atoms with Crippen LogP contribution in [0.3, 0.4) is 0 Å². The molecule has 5 nitrogen and oxygen atoms in total. The average molecular weight is 268 g/mol. The highest BCUT2D eigenvalue weighted by atomic mass is 16.4. The number of carboxylic acids is 1. The van der Waals surface area contributed by atoms with Gasteiger partial charge in [-0.2, -0.15) is 0 Å². The molecule has 2 fully saturated rings. The average Bonchev–Trinajstić information content (AvgIpc) is 2.39. The lowest BCUT2D eigenvalue weighted by Crippen LogP contribution is -2.49. The molecule has 108 valence electrons. The van der Waals surface area contributed by atoms with E-state index in [-0.39, 0.29) is 11.4 Å². The second-order valence-corrected chi connectivity index (χ2v) is 6.12. The highest BCUT2D eigenvalue weighted by Gasteiger charge is 2.34. The minimum absolute atomic E-state index is 0.0374. The van der Waals surface area contributed by atoms with Gasteiger partial charge in [0.05, 0.1) is 5.92 Å². The maximum atomic E-state index is 12.3. The molecule has 0 radical (unpaired) electrons. The molecule has 5 heteroatoms. The molecule has 0 aromatic rings. The van der Waals surface area contributed by atoms with Gasteiger partial charge in [0.25, 0.3) is 0 Å². The van der Waals surface area contributed by atoms with E-state index in [4.69, 9.17) is 10.8 Å². The van der Waals surface area contributed by atoms with Crippen LogP contribution in [0.5, 0.6) is 0 Å². The van der Waals surface area contributed by atoms with Crippen LogP contribution >= 0.6 is 0 Å². The zero-order valence-corrected chi connectivity index (χ0v) is 11.4. The van der Waals surface area contributed by atoms with E-state index in [2.05, 4.69) is 0 Å². The van der Waals surface area contributed by atoms with Gasteiger partial charge >= 0.3 is 5.97 Å². The second kappa shape index (κ2) is 5.90. The molecule has 0 aromatic carbocycles. The first kappa shape index (κ1) is 14.3. The molecule has 1 saturated heterocycles. The lowest BCUT2D eigenvalue weighted by atomic mass is 9.79. The normalized spacial score (nSPS) is 27.0. The molecule has 1 saturated carbocycles. The number of hydrogen-bond acceptors (Lipinski definition) is 3. The number of piperidine rings is 1. The molecule has 19 heavy (non-hydrogen) atoms. The second-order valence-electron chi connectivity index (χ2n) is 6.12. The summed E-state index contributed by atoms with van der Waals surface area (Å²) in [4.78, 5) is 25.0. The van der Waals surface area contributed by atoms with Gasteiger partial charge in [0.2, 0.25) is 5.91 Å². The topological polar surface area (TPSA) is 83.6 Å². The van der Waals surface area contributed by atoms with E-state index in [1.54, 1.807) is 4.90 Å². The summed E-state index contributed by atoms with van der Waals surface area (Å²) >= 11 is 0. The first-order chi connectivity index (χ1) is 9.00. The number of amides is 1. The zero-order chi connectivity index (χ0) is 13.9. The van der Waals surface area contributed by atoms with Crippen molar-refractivity contribution in [3.63, 3.8) is 0 Å². The largest absolute Gasteiger partial charge is 0.481 e. The van der Waals surface area contributed by atoms with Gasteiger partial charge in [-0.1, -0.05) is 19.3 Å². The molecule has 0 spiro atoms. The Morgan fingerprint density at radius 2 is 1.89 bits per heavy atom. The summed E-state index contributed by atoms with van der Waals surface area (Å²) in [5.41, 5.74) is 5.94. The summed E-state index contributed by atoms with van der Waals surface area (Å²) in [6.45, 7) is 1.03. The van der Waals surface area contributed by atoms with Crippen molar-refractivity contribution >= 4 is 11.9 Å². The summed E-state index contributed by atoms with van der Waals surface area (Å²) in [6, 6.07) is 0. The van der Waals surface area contributed by atoms with Gasteiger partial charge in [0.1, 0.15) is 0 Å². The van der Waals surface area contributed by atoms with E-state index in [1.165, 1.54) is 6.42 Å². The van der Waals surface area contributed by atoms with Crippen LogP contribution in [0.1, 0.15) is 51.4 Å². The SMILES string of the molecule is NC1(CC(=O)N2CCC[C@@H](C(=O)O)C2)CCCCC1. The van der Waals surface area contributed by atoms with Gasteiger partial charge in [-0.3, -0.25) is 9.59 Å². The number of carbonyl (C=O) groups excluding carboxylic acids is 1.